The van der Waals surface area contributed by atoms with Gasteiger partial charge in [-0.2, -0.15) is 0 Å². The summed E-state index contributed by atoms with van der Waals surface area (Å²) in [6, 6.07) is 14.8. The maximum Gasteiger partial charge on any atom is 0.187 e. The minimum atomic E-state index is -0.0657. The van der Waals surface area contributed by atoms with Crippen molar-refractivity contribution in [1.82, 2.24) is 0 Å². The summed E-state index contributed by atoms with van der Waals surface area (Å²) in [5.74, 6) is -0.0657. The number of rotatable bonds is 5. The van der Waals surface area contributed by atoms with Crippen LogP contribution < -0.4 is 10.2 Å². The molecule has 0 aliphatic heterocycles. The molecule has 4 heteroatoms. The third-order valence-electron chi connectivity index (χ3n) is 3.00. The molecule has 0 bridgehead atoms. The summed E-state index contributed by atoms with van der Waals surface area (Å²) in [4.78, 5) is 13.9. The standard InChI is InChI=1S/C17H17ClN2O/c1-20(2)16-9-7-15(8-10-16)19-12-11-17(21)13-3-5-14(18)6-4-13/h3-12,19H,1-2H3. The molecule has 0 spiro atoms. The van der Waals surface area contributed by atoms with Gasteiger partial charge in [-0.15, -0.1) is 0 Å². The molecule has 21 heavy (non-hydrogen) atoms. The quantitative estimate of drug-likeness (QED) is 0.663. The van der Waals surface area contributed by atoms with Crippen LogP contribution in [0, 0.1) is 0 Å². The van der Waals surface area contributed by atoms with E-state index in [1.165, 1.54) is 6.08 Å². The fraction of sp³-hybridized carbons (Fsp3) is 0.118. The number of ketones is 1. The van der Waals surface area contributed by atoms with Gasteiger partial charge in [-0.1, -0.05) is 11.6 Å². The molecule has 2 aromatic carbocycles. The number of benzene rings is 2. The third-order valence-corrected chi connectivity index (χ3v) is 3.25. The number of hydrogen-bond donors (Lipinski definition) is 1. The smallest absolute Gasteiger partial charge is 0.187 e. The second-order valence-corrected chi connectivity index (χ2v) is 5.23. The van der Waals surface area contributed by atoms with Gasteiger partial charge in [-0.3, -0.25) is 4.79 Å². The van der Waals surface area contributed by atoms with E-state index in [4.69, 9.17) is 11.6 Å². The summed E-state index contributed by atoms with van der Waals surface area (Å²) in [7, 11) is 3.99. The zero-order chi connectivity index (χ0) is 15.2. The largest absolute Gasteiger partial charge is 0.378 e. The van der Waals surface area contributed by atoms with Crippen LogP contribution in [0.2, 0.25) is 5.02 Å². The Hall–Kier alpha value is -2.26. The number of nitrogens with one attached hydrogen (secondary N) is 1. The number of allylic oxidation sites excluding steroid dienone is 1. The predicted molar refractivity (Wildman–Crippen MR) is 89.3 cm³/mol. The molecule has 2 rings (SSSR count). The summed E-state index contributed by atoms with van der Waals surface area (Å²) in [6.45, 7) is 0. The molecule has 1 N–H and O–H groups in total. The van der Waals surface area contributed by atoms with Crippen molar-refractivity contribution in [3.05, 3.63) is 71.4 Å². The van der Waals surface area contributed by atoms with Gasteiger partial charge in [0.05, 0.1) is 0 Å². The first-order valence-electron chi connectivity index (χ1n) is 6.56. The van der Waals surface area contributed by atoms with Crippen LogP contribution in [0.4, 0.5) is 11.4 Å². The Balaban J connectivity index is 1.95. The van der Waals surface area contributed by atoms with Crippen molar-refractivity contribution < 1.29 is 4.79 Å². The van der Waals surface area contributed by atoms with Crippen molar-refractivity contribution in [2.45, 2.75) is 0 Å². The minimum absolute atomic E-state index is 0.0657. The van der Waals surface area contributed by atoms with Gasteiger partial charge in [0.15, 0.2) is 5.78 Å². The summed E-state index contributed by atoms with van der Waals surface area (Å²) >= 11 is 5.79. The molecular formula is C17H17ClN2O. The van der Waals surface area contributed by atoms with Gasteiger partial charge in [0.1, 0.15) is 0 Å². The van der Waals surface area contributed by atoms with E-state index >= 15 is 0 Å². The second-order valence-electron chi connectivity index (χ2n) is 4.79. The molecule has 108 valence electrons. The summed E-state index contributed by atoms with van der Waals surface area (Å²) in [5, 5.41) is 3.70. The summed E-state index contributed by atoms with van der Waals surface area (Å²) in [5.41, 5.74) is 2.67. The van der Waals surface area contributed by atoms with E-state index in [-0.39, 0.29) is 5.78 Å². The fourth-order valence-electron chi connectivity index (χ4n) is 1.78. The highest BCUT2D eigenvalue weighted by Crippen LogP contribution is 2.15. The van der Waals surface area contributed by atoms with Crippen LogP contribution in [0.15, 0.2) is 60.8 Å². The lowest BCUT2D eigenvalue weighted by atomic mass is 10.1. The van der Waals surface area contributed by atoms with Gasteiger partial charge in [0.25, 0.3) is 0 Å². The van der Waals surface area contributed by atoms with E-state index in [1.807, 2.05) is 43.3 Å². The Labute approximate surface area is 129 Å². The monoisotopic (exact) mass is 300 g/mol. The molecule has 0 aliphatic carbocycles. The topological polar surface area (TPSA) is 32.3 Å². The maximum absolute atomic E-state index is 11.9. The highest BCUT2D eigenvalue weighted by molar-refractivity contribution is 6.30. The summed E-state index contributed by atoms with van der Waals surface area (Å²) < 4.78 is 0. The van der Waals surface area contributed by atoms with Crippen LogP contribution in [0.3, 0.4) is 0 Å². The van der Waals surface area contributed by atoms with E-state index in [0.717, 1.165) is 11.4 Å². The first-order valence-corrected chi connectivity index (χ1v) is 6.94. The van der Waals surface area contributed by atoms with Crippen LogP contribution >= 0.6 is 11.6 Å². The van der Waals surface area contributed by atoms with Crippen molar-refractivity contribution in [3.8, 4) is 0 Å². The van der Waals surface area contributed by atoms with Crippen LogP contribution in [-0.4, -0.2) is 19.9 Å². The van der Waals surface area contributed by atoms with Gasteiger partial charge in [0.2, 0.25) is 0 Å². The molecule has 0 aliphatic rings. The lowest BCUT2D eigenvalue weighted by Crippen LogP contribution is -2.08. The van der Waals surface area contributed by atoms with Gasteiger partial charge < -0.3 is 10.2 Å². The number of anilines is 2. The lowest BCUT2D eigenvalue weighted by molar-refractivity contribution is 0.104. The molecular weight excluding hydrogens is 284 g/mol. The molecule has 0 atom stereocenters. The highest BCUT2D eigenvalue weighted by atomic mass is 35.5. The molecule has 0 amide bonds. The van der Waals surface area contributed by atoms with Crippen LogP contribution in [0.1, 0.15) is 10.4 Å². The van der Waals surface area contributed by atoms with Gasteiger partial charge >= 0.3 is 0 Å². The number of halogens is 1. The Bertz CT molecular complexity index is 631. The third kappa shape index (κ3) is 4.36. The average molecular weight is 301 g/mol. The average Bonchev–Trinajstić information content (AvgIpc) is 2.48. The number of hydrogen-bond acceptors (Lipinski definition) is 3. The molecule has 2 aromatic rings. The molecule has 0 radical (unpaired) electrons. The Morgan fingerprint density at radius 3 is 2.24 bits per heavy atom. The van der Waals surface area contributed by atoms with Crippen LogP contribution in [-0.2, 0) is 0 Å². The number of carbonyl (C=O) groups excluding carboxylic acids is 1. The van der Waals surface area contributed by atoms with E-state index in [1.54, 1.807) is 30.5 Å². The molecule has 3 nitrogen and oxygen atoms in total. The molecule has 0 saturated heterocycles. The molecule has 0 aromatic heterocycles. The highest BCUT2D eigenvalue weighted by Gasteiger charge is 2.00. The first-order chi connectivity index (χ1) is 10.1. The van der Waals surface area contributed by atoms with Crippen molar-refractivity contribution >= 4 is 28.8 Å². The van der Waals surface area contributed by atoms with Crippen molar-refractivity contribution in [2.24, 2.45) is 0 Å². The number of carbonyl (C=O) groups is 1. The Morgan fingerprint density at radius 1 is 1.05 bits per heavy atom. The Kier molecular flexibility index (Phi) is 5.01. The minimum Gasteiger partial charge on any atom is -0.378 e. The van der Waals surface area contributed by atoms with E-state index < -0.39 is 0 Å². The first kappa shape index (κ1) is 15.1. The van der Waals surface area contributed by atoms with E-state index in [0.29, 0.717) is 10.6 Å². The molecule has 0 heterocycles. The fourth-order valence-corrected chi connectivity index (χ4v) is 1.91. The van der Waals surface area contributed by atoms with Crippen LogP contribution in [0.25, 0.3) is 0 Å². The Morgan fingerprint density at radius 2 is 1.67 bits per heavy atom. The van der Waals surface area contributed by atoms with E-state index in [9.17, 15) is 4.79 Å². The molecule has 0 unspecified atom stereocenters. The van der Waals surface area contributed by atoms with Gasteiger partial charge in [-0.05, 0) is 48.5 Å². The summed E-state index contributed by atoms with van der Waals surface area (Å²) in [6.07, 6.45) is 3.14. The zero-order valence-corrected chi connectivity index (χ0v) is 12.8. The number of nitrogens with zero attached hydrogens (tertiary/aromatic N) is 1. The normalized spacial score (nSPS) is 10.6. The zero-order valence-electron chi connectivity index (χ0n) is 12.0. The van der Waals surface area contributed by atoms with Crippen molar-refractivity contribution in [1.29, 1.82) is 0 Å². The SMILES string of the molecule is CN(C)c1ccc(NC=CC(=O)c2ccc(Cl)cc2)cc1. The van der Waals surface area contributed by atoms with Crippen LogP contribution in [0.5, 0.6) is 0 Å². The lowest BCUT2D eigenvalue weighted by Gasteiger charge is -2.12. The molecule has 0 saturated carbocycles. The van der Waals surface area contributed by atoms with Crippen molar-refractivity contribution in [3.63, 3.8) is 0 Å². The van der Waals surface area contributed by atoms with Gasteiger partial charge in [-0.25, -0.2) is 0 Å². The predicted octanol–water partition coefficient (Wildman–Crippen LogP) is 4.21. The second kappa shape index (κ2) is 6.95. The van der Waals surface area contributed by atoms with Crippen molar-refractivity contribution in [2.75, 3.05) is 24.3 Å². The maximum atomic E-state index is 11.9. The van der Waals surface area contributed by atoms with E-state index in [2.05, 4.69) is 5.32 Å². The molecule has 0 fully saturated rings. The van der Waals surface area contributed by atoms with Gasteiger partial charge in [0, 0.05) is 48.3 Å².